The Labute approximate surface area is 117 Å². The van der Waals surface area contributed by atoms with Gasteiger partial charge >= 0.3 is 0 Å². The quantitative estimate of drug-likeness (QED) is 0.666. The van der Waals surface area contributed by atoms with Crippen LogP contribution in [0.5, 0.6) is 0 Å². The number of aromatic amines is 2. The van der Waals surface area contributed by atoms with Crippen LogP contribution in [0, 0.1) is 0 Å². The third-order valence-corrected chi connectivity index (χ3v) is 2.97. The number of benzene rings is 1. The summed E-state index contributed by atoms with van der Waals surface area (Å²) >= 11 is 5.86. The van der Waals surface area contributed by atoms with Gasteiger partial charge in [-0.2, -0.15) is 10.1 Å². The molecule has 0 aliphatic heterocycles. The number of anilines is 1. The van der Waals surface area contributed by atoms with E-state index >= 15 is 0 Å². The van der Waals surface area contributed by atoms with Gasteiger partial charge in [0.2, 0.25) is 11.4 Å². The van der Waals surface area contributed by atoms with Crippen molar-refractivity contribution in [3.63, 3.8) is 0 Å². The number of pyridine rings is 1. The van der Waals surface area contributed by atoms with E-state index in [-0.39, 0.29) is 11.5 Å². The highest BCUT2D eigenvalue weighted by Crippen LogP contribution is 2.15. The van der Waals surface area contributed by atoms with Gasteiger partial charge in [0.05, 0.1) is 0 Å². The van der Waals surface area contributed by atoms with Crippen LogP contribution >= 0.6 is 11.6 Å². The third kappa shape index (κ3) is 2.14. The van der Waals surface area contributed by atoms with Gasteiger partial charge in [-0.15, -0.1) is 0 Å². The first kappa shape index (κ1) is 12.4. The van der Waals surface area contributed by atoms with Crippen LogP contribution in [0.25, 0.3) is 10.9 Å². The number of carbonyl (C=O) groups excluding carboxylic acids is 1. The molecule has 0 unspecified atom stereocenters. The van der Waals surface area contributed by atoms with Gasteiger partial charge in [-0.05, 0) is 18.2 Å². The lowest BCUT2D eigenvalue weighted by atomic mass is 10.1. The van der Waals surface area contributed by atoms with Gasteiger partial charge in [0.25, 0.3) is 5.91 Å². The number of H-pyrrole nitrogens is 2. The van der Waals surface area contributed by atoms with Crippen molar-refractivity contribution in [3.8, 4) is 0 Å². The number of fused-ring (bicyclic) bond motifs is 1. The Bertz CT molecular complexity index is 841. The Hall–Kier alpha value is -2.67. The molecule has 2 heterocycles. The summed E-state index contributed by atoms with van der Waals surface area (Å²) in [6.45, 7) is 0. The molecule has 0 atom stereocenters. The standard InChI is InChI=1S/C12H8ClN5O2/c13-6-1-2-9-7(3-6)10(19)8(4-14-9)11(20)17-12-15-5-16-18-12/h1-5H,(H,14,19)(H2,15,16,17,18,20). The monoisotopic (exact) mass is 289 g/mol. The molecule has 2 aromatic heterocycles. The van der Waals surface area contributed by atoms with E-state index in [2.05, 4.69) is 25.5 Å². The maximum atomic E-state index is 12.3. The minimum absolute atomic E-state index is 0.0313. The molecule has 1 amide bonds. The second-order valence-electron chi connectivity index (χ2n) is 4.01. The van der Waals surface area contributed by atoms with Crippen molar-refractivity contribution in [1.82, 2.24) is 20.2 Å². The summed E-state index contributed by atoms with van der Waals surface area (Å²) in [5.74, 6) is -0.412. The van der Waals surface area contributed by atoms with Crippen molar-refractivity contribution >= 4 is 34.4 Å². The number of rotatable bonds is 2. The molecule has 0 bridgehead atoms. The molecule has 0 saturated carbocycles. The first-order valence-corrected chi connectivity index (χ1v) is 6.00. The summed E-state index contributed by atoms with van der Waals surface area (Å²) in [5, 5.41) is 9.29. The third-order valence-electron chi connectivity index (χ3n) is 2.73. The lowest BCUT2D eigenvalue weighted by Crippen LogP contribution is -2.22. The van der Waals surface area contributed by atoms with Gasteiger partial charge in [-0.25, -0.2) is 5.10 Å². The number of hydrogen-bond acceptors (Lipinski definition) is 4. The average molecular weight is 290 g/mol. The number of hydrogen-bond donors (Lipinski definition) is 3. The molecular weight excluding hydrogens is 282 g/mol. The van der Waals surface area contributed by atoms with E-state index in [9.17, 15) is 9.59 Å². The first-order valence-electron chi connectivity index (χ1n) is 5.63. The van der Waals surface area contributed by atoms with Crippen molar-refractivity contribution in [2.45, 2.75) is 0 Å². The molecule has 0 saturated heterocycles. The van der Waals surface area contributed by atoms with Crippen LogP contribution in [0.1, 0.15) is 10.4 Å². The Morgan fingerprint density at radius 2 is 2.20 bits per heavy atom. The van der Waals surface area contributed by atoms with E-state index in [0.29, 0.717) is 15.9 Å². The zero-order chi connectivity index (χ0) is 14.1. The van der Waals surface area contributed by atoms with Crippen molar-refractivity contribution in [1.29, 1.82) is 0 Å². The van der Waals surface area contributed by atoms with Crippen LogP contribution in [0.15, 0.2) is 35.5 Å². The van der Waals surface area contributed by atoms with Crippen LogP contribution in [0.2, 0.25) is 5.02 Å². The molecular formula is C12H8ClN5O2. The minimum atomic E-state index is -0.579. The summed E-state index contributed by atoms with van der Waals surface area (Å²) in [6.07, 6.45) is 2.60. The summed E-state index contributed by atoms with van der Waals surface area (Å²) in [5.41, 5.74) is 0.171. The first-order chi connectivity index (χ1) is 9.65. The largest absolute Gasteiger partial charge is 0.360 e. The van der Waals surface area contributed by atoms with Crippen LogP contribution in [-0.2, 0) is 0 Å². The van der Waals surface area contributed by atoms with Gasteiger partial charge < -0.3 is 4.98 Å². The predicted octanol–water partition coefficient (Wildman–Crippen LogP) is 1.55. The highest BCUT2D eigenvalue weighted by molar-refractivity contribution is 6.31. The molecule has 0 spiro atoms. The Morgan fingerprint density at radius 3 is 2.95 bits per heavy atom. The van der Waals surface area contributed by atoms with Crippen LogP contribution < -0.4 is 10.7 Å². The molecule has 3 aromatic rings. The second kappa shape index (κ2) is 4.78. The average Bonchev–Trinajstić information content (AvgIpc) is 2.92. The molecule has 1 aromatic carbocycles. The number of amides is 1. The lowest BCUT2D eigenvalue weighted by Gasteiger charge is -2.03. The van der Waals surface area contributed by atoms with Crippen LogP contribution in [0.4, 0.5) is 5.95 Å². The van der Waals surface area contributed by atoms with Crippen molar-refractivity contribution in [2.24, 2.45) is 0 Å². The zero-order valence-electron chi connectivity index (χ0n) is 9.98. The normalized spacial score (nSPS) is 10.7. The number of halogens is 1. The fourth-order valence-electron chi connectivity index (χ4n) is 1.80. The van der Waals surface area contributed by atoms with Gasteiger partial charge in [0.1, 0.15) is 11.9 Å². The molecule has 20 heavy (non-hydrogen) atoms. The lowest BCUT2D eigenvalue weighted by molar-refractivity contribution is 0.102. The summed E-state index contributed by atoms with van der Waals surface area (Å²) in [7, 11) is 0. The van der Waals surface area contributed by atoms with Crippen molar-refractivity contribution in [2.75, 3.05) is 5.32 Å². The summed E-state index contributed by atoms with van der Waals surface area (Å²) < 4.78 is 0. The maximum absolute atomic E-state index is 12.3. The number of nitrogens with one attached hydrogen (secondary N) is 3. The zero-order valence-corrected chi connectivity index (χ0v) is 10.7. The molecule has 0 radical (unpaired) electrons. The van der Waals surface area contributed by atoms with Gasteiger partial charge in [-0.1, -0.05) is 11.6 Å². The smallest absolute Gasteiger partial charge is 0.263 e. The fraction of sp³-hybridized carbons (Fsp3) is 0. The Balaban J connectivity index is 2.06. The number of nitrogens with zero attached hydrogens (tertiary/aromatic N) is 2. The molecule has 0 aliphatic carbocycles. The number of aromatic nitrogens is 4. The molecule has 8 heteroatoms. The van der Waals surface area contributed by atoms with Crippen molar-refractivity contribution in [3.05, 3.63) is 51.5 Å². The number of carbonyl (C=O) groups is 1. The highest BCUT2D eigenvalue weighted by atomic mass is 35.5. The topological polar surface area (TPSA) is 104 Å². The van der Waals surface area contributed by atoms with E-state index < -0.39 is 11.3 Å². The molecule has 0 fully saturated rings. The molecule has 3 N–H and O–H groups in total. The SMILES string of the molecule is O=C(Nc1ncn[nH]1)c1c[nH]c2ccc(Cl)cc2c1=O. The summed E-state index contributed by atoms with van der Waals surface area (Å²) in [4.78, 5) is 30.9. The van der Waals surface area contributed by atoms with E-state index in [4.69, 9.17) is 11.6 Å². The molecule has 3 rings (SSSR count). The van der Waals surface area contributed by atoms with E-state index in [1.807, 2.05) is 0 Å². The summed E-state index contributed by atoms with van der Waals surface area (Å²) in [6, 6.07) is 4.85. The van der Waals surface area contributed by atoms with Gasteiger partial charge in [-0.3, -0.25) is 14.9 Å². The molecule has 0 aliphatic rings. The van der Waals surface area contributed by atoms with Crippen LogP contribution in [0.3, 0.4) is 0 Å². The van der Waals surface area contributed by atoms with E-state index in [1.54, 1.807) is 12.1 Å². The van der Waals surface area contributed by atoms with Gasteiger partial charge in [0, 0.05) is 22.1 Å². The van der Waals surface area contributed by atoms with E-state index in [0.717, 1.165) is 0 Å². The Morgan fingerprint density at radius 1 is 1.35 bits per heavy atom. The predicted molar refractivity (Wildman–Crippen MR) is 73.9 cm³/mol. The van der Waals surface area contributed by atoms with E-state index in [1.165, 1.54) is 18.6 Å². The van der Waals surface area contributed by atoms with Crippen LogP contribution in [-0.4, -0.2) is 26.1 Å². The fourth-order valence-corrected chi connectivity index (χ4v) is 1.97. The molecule has 100 valence electrons. The minimum Gasteiger partial charge on any atom is -0.360 e. The van der Waals surface area contributed by atoms with Crippen molar-refractivity contribution < 1.29 is 4.79 Å². The molecule has 7 nitrogen and oxygen atoms in total. The second-order valence-corrected chi connectivity index (χ2v) is 4.45. The highest BCUT2D eigenvalue weighted by Gasteiger charge is 2.14. The maximum Gasteiger partial charge on any atom is 0.263 e. The Kier molecular flexibility index (Phi) is 2.96. The van der Waals surface area contributed by atoms with Gasteiger partial charge in [0.15, 0.2) is 0 Å².